The molecule has 154 valence electrons. The van der Waals surface area contributed by atoms with Crippen LogP contribution < -0.4 is 10.1 Å². The van der Waals surface area contributed by atoms with Gasteiger partial charge in [0.15, 0.2) is 0 Å². The Morgan fingerprint density at radius 1 is 1.14 bits per heavy atom. The van der Waals surface area contributed by atoms with Crippen LogP contribution in [0.3, 0.4) is 0 Å². The van der Waals surface area contributed by atoms with E-state index >= 15 is 0 Å². The van der Waals surface area contributed by atoms with E-state index < -0.39 is 5.41 Å². The summed E-state index contributed by atoms with van der Waals surface area (Å²) in [5.41, 5.74) is 1.82. The molecule has 4 rings (SSSR count). The minimum absolute atomic E-state index is 0.103. The van der Waals surface area contributed by atoms with Gasteiger partial charge < -0.3 is 14.8 Å². The first-order valence-electron chi connectivity index (χ1n) is 10.1. The first-order valence-corrected chi connectivity index (χ1v) is 10.5. The molecule has 29 heavy (non-hydrogen) atoms. The smallest absolute Gasteiger partial charge is 0.230 e. The minimum Gasteiger partial charge on any atom is -0.497 e. The fourth-order valence-corrected chi connectivity index (χ4v) is 4.20. The van der Waals surface area contributed by atoms with Crippen LogP contribution in [0.1, 0.15) is 30.0 Å². The predicted octanol–water partition coefficient (Wildman–Crippen LogP) is 3.57. The summed E-state index contributed by atoms with van der Waals surface area (Å²) in [4.78, 5) is 15.5. The summed E-state index contributed by atoms with van der Waals surface area (Å²) in [7, 11) is 1.67. The SMILES string of the molecule is COc1ccc(C(CNC(=O)C2(c3ccc(Cl)cc3)CC2)N2CCOCC2)cc1. The summed E-state index contributed by atoms with van der Waals surface area (Å²) < 4.78 is 10.8. The molecule has 0 aromatic heterocycles. The number of morpholine rings is 1. The second-order valence-corrected chi connectivity index (χ2v) is 8.17. The van der Waals surface area contributed by atoms with Gasteiger partial charge in [-0.25, -0.2) is 0 Å². The van der Waals surface area contributed by atoms with Gasteiger partial charge in [0.05, 0.1) is 31.8 Å². The molecule has 2 aliphatic rings. The number of hydrogen-bond donors (Lipinski definition) is 1. The van der Waals surface area contributed by atoms with Crippen LogP contribution in [0.4, 0.5) is 0 Å². The highest BCUT2D eigenvalue weighted by molar-refractivity contribution is 6.30. The average Bonchev–Trinajstić information content (AvgIpc) is 3.57. The van der Waals surface area contributed by atoms with Crippen LogP contribution in [-0.2, 0) is 14.9 Å². The van der Waals surface area contributed by atoms with Gasteiger partial charge in [0.2, 0.25) is 5.91 Å². The van der Waals surface area contributed by atoms with Gasteiger partial charge in [-0.2, -0.15) is 0 Å². The van der Waals surface area contributed by atoms with Gasteiger partial charge in [0.1, 0.15) is 5.75 Å². The molecule has 1 saturated heterocycles. The summed E-state index contributed by atoms with van der Waals surface area (Å²) in [5.74, 6) is 0.935. The molecule has 2 fully saturated rings. The number of hydrogen-bond acceptors (Lipinski definition) is 4. The topological polar surface area (TPSA) is 50.8 Å². The summed E-state index contributed by atoms with van der Waals surface area (Å²) in [6.45, 7) is 3.72. The Bertz CT molecular complexity index is 828. The lowest BCUT2D eigenvalue weighted by molar-refractivity contribution is -0.124. The highest BCUT2D eigenvalue weighted by Gasteiger charge is 2.51. The zero-order valence-electron chi connectivity index (χ0n) is 16.7. The number of carbonyl (C=O) groups excluding carboxylic acids is 1. The van der Waals surface area contributed by atoms with Crippen molar-refractivity contribution >= 4 is 17.5 Å². The van der Waals surface area contributed by atoms with Crippen molar-refractivity contribution in [2.75, 3.05) is 40.0 Å². The molecule has 0 radical (unpaired) electrons. The van der Waals surface area contributed by atoms with Crippen molar-refractivity contribution in [3.63, 3.8) is 0 Å². The molecule has 1 aliphatic heterocycles. The standard InChI is InChI=1S/C23H27ClN2O3/c1-28-20-8-2-17(3-9-20)21(26-12-14-29-15-13-26)16-25-22(27)23(10-11-23)18-4-6-19(24)7-5-18/h2-9,21H,10-16H2,1H3,(H,25,27). The van der Waals surface area contributed by atoms with E-state index in [-0.39, 0.29) is 11.9 Å². The highest BCUT2D eigenvalue weighted by atomic mass is 35.5. The van der Waals surface area contributed by atoms with Crippen molar-refractivity contribution in [2.45, 2.75) is 24.3 Å². The molecule has 6 heteroatoms. The number of amides is 1. The maximum atomic E-state index is 13.1. The number of halogens is 1. The largest absolute Gasteiger partial charge is 0.497 e. The molecule has 1 aliphatic carbocycles. The predicted molar refractivity (Wildman–Crippen MR) is 114 cm³/mol. The van der Waals surface area contributed by atoms with Gasteiger partial charge in [-0.3, -0.25) is 9.69 Å². The van der Waals surface area contributed by atoms with Gasteiger partial charge in [0, 0.05) is 24.7 Å². The van der Waals surface area contributed by atoms with Gasteiger partial charge in [-0.05, 0) is 48.2 Å². The molecule has 1 saturated carbocycles. The molecule has 2 aromatic rings. The number of benzene rings is 2. The van der Waals surface area contributed by atoms with Crippen molar-refractivity contribution < 1.29 is 14.3 Å². The molecule has 2 aromatic carbocycles. The number of rotatable bonds is 7. The van der Waals surface area contributed by atoms with Crippen LogP contribution in [0.5, 0.6) is 5.75 Å². The molecular weight excluding hydrogens is 388 g/mol. The Morgan fingerprint density at radius 2 is 1.79 bits per heavy atom. The van der Waals surface area contributed by atoms with Gasteiger partial charge in [-0.1, -0.05) is 35.9 Å². The second kappa shape index (κ2) is 8.74. The number of nitrogens with one attached hydrogen (secondary N) is 1. The molecule has 0 spiro atoms. The maximum absolute atomic E-state index is 13.1. The third kappa shape index (κ3) is 4.42. The highest BCUT2D eigenvalue weighted by Crippen LogP contribution is 2.48. The van der Waals surface area contributed by atoms with E-state index in [4.69, 9.17) is 21.1 Å². The summed E-state index contributed by atoms with van der Waals surface area (Å²) >= 11 is 6.01. The van der Waals surface area contributed by atoms with Crippen molar-refractivity contribution in [3.05, 3.63) is 64.7 Å². The first-order chi connectivity index (χ1) is 14.1. The molecule has 1 heterocycles. The van der Waals surface area contributed by atoms with E-state index in [1.807, 2.05) is 36.4 Å². The zero-order valence-corrected chi connectivity index (χ0v) is 17.5. The van der Waals surface area contributed by atoms with Crippen LogP contribution in [0.15, 0.2) is 48.5 Å². The monoisotopic (exact) mass is 414 g/mol. The quantitative estimate of drug-likeness (QED) is 0.752. The Labute approximate surface area is 176 Å². The molecule has 1 atom stereocenters. The van der Waals surface area contributed by atoms with E-state index in [1.165, 1.54) is 5.56 Å². The Kier molecular flexibility index (Phi) is 6.09. The normalized spacial score (nSPS) is 19.4. The lowest BCUT2D eigenvalue weighted by Gasteiger charge is -2.35. The second-order valence-electron chi connectivity index (χ2n) is 7.74. The molecule has 5 nitrogen and oxygen atoms in total. The van der Waals surface area contributed by atoms with E-state index in [9.17, 15) is 4.79 Å². The van der Waals surface area contributed by atoms with E-state index in [0.29, 0.717) is 11.6 Å². The van der Waals surface area contributed by atoms with Gasteiger partial charge in [0.25, 0.3) is 0 Å². The van der Waals surface area contributed by atoms with Crippen LogP contribution in [0.25, 0.3) is 0 Å². The van der Waals surface area contributed by atoms with Crippen LogP contribution in [-0.4, -0.2) is 50.8 Å². The Morgan fingerprint density at radius 3 is 2.38 bits per heavy atom. The third-order valence-electron chi connectivity index (χ3n) is 6.02. The van der Waals surface area contributed by atoms with Crippen molar-refractivity contribution in [3.8, 4) is 5.75 Å². The molecule has 1 unspecified atom stereocenters. The van der Waals surface area contributed by atoms with Crippen molar-refractivity contribution in [1.82, 2.24) is 10.2 Å². The lowest BCUT2D eigenvalue weighted by Crippen LogP contribution is -2.45. The zero-order chi connectivity index (χ0) is 20.3. The van der Waals surface area contributed by atoms with E-state index in [0.717, 1.165) is 50.5 Å². The third-order valence-corrected chi connectivity index (χ3v) is 6.28. The van der Waals surface area contributed by atoms with E-state index in [2.05, 4.69) is 22.3 Å². The number of nitrogens with zero attached hydrogens (tertiary/aromatic N) is 1. The van der Waals surface area contributed by atoms with Crippen molar-refractivity contribution in [1.29, 1.82) is 0 Å². The number of carbonyl (C=O) groups is 1. The Hall–Kier alpha value is -2.08. The van der Waals surface area contributed by atoms with E-state index in [1.54, 1.807) is 7.11 Å². The average molecular weight is 415 g/mol. The van der Waals surface area contributed by atoms with Crippen LogP contribution in [0, 0.1) is 0 Å². The maximum Gasteiger partial charge on any atom is 0.230 e. The number of ether oxygens (including phenoxy) is 2. The van der Waals surface area contributed by atoms with Crippen molar-refractivity contribution in [2.24, 2.45) is 0 Å². The van der Waals surface area contributed by atoms with Crippen LogP contribution in [0.2, 0.25) is 5.02 Å². The molecule has 1 N–H and O–H groups in total. The van der Waals surface area contributed by atoms with Crippen LogP contribution >= 0.6 is 11.6 Å². The Balaban J connectivity index is 1.48. The fraction of sp³-hybridized carbons (Fsp3) is 0.435. The minimum atomic E-state index is -0.403. The molecule has 0 bridgehead atoms. The number of methoxy groups -OCH3 is 1. The summed E-state index contributed by atoms with van der Waals surface area (Å²) in [6, 6.07) is 15.9. The van der Waals surface area contributed by atoms with Gasteiger partial charge in [-0.15, -0.1) is 0 Å². The molecular formula is C23H27ClN2O3. The van der Waals surface area contributed by atoms with Gasteiger partial charge >= 0.3 is 0 Å². The molecule has 1 amide bonds. The lowest BCUT2D eigenvalue weighted by atomic mass is 9.94. The first kappa shape index (κ1) is 20.2. The summed E-state index contributed by atoms with van der Waals surface area (Å²) in [6.07, 6.45) is 1.76. The summed E-state index contributed by atoms with van der Waals surface area (Å²) in [5, 5.41) is 3.93. The fourth-order valence-electron chi connectivity index (χ4n) is 4.07.